The van der Waals surface area contributed by atoms with Crippen LogP contribution in [0.3, 0.4) is 0 Å². The van der Waals surface area contributed by atoms with Gasteiger partial charge in [-0.15, -0.1) is 0 Å². The average molecular weight is 574 g/mol. The Kier molecular flexibility index (Phi) is 11.1. The first-order valence-electron chi connectivity index (χ1n) is 11.8. The predicted octanol–water partition coefficient (Wildman–Crippen LogP) is 0.909. The summed E-state index contributed by atoms with van der Waals surface area (Å²) < 4.78 is 31.8. The number of aliphatic hydroxyl groups excluding tert-OH is 1. The van der Waals surface area contributed by atoms with Crippen molar-refractivity contribution >= 4 is 27.4 Å². The average Bonchev–Trinajstić information content (AvgIpc) is 2.93. The maximum Gasteiger partial charge on any atom is 1.00 e. The van der Waals surface area contributed by atoms with Crippen LogP contribution in [0.15, 0.2) is 107 Å². The minimum atomic E-state index is -3.73. The van der Waals surface area contributed by atoms with E-state index in [1.54, 1.807) is 60.7 Å². The van der Waals surface area contributed by atoms with Crippen molar-refractivity contribution in [2.75, 3.05) is 19.7 Å². The summed E-state index contributed by atoms with van der Waals surface area (Å²) in [6, 6.07) is 25.8. The zero-order valence-corrected chi connectivity index (χ0v) is 24.8. The zero-order chi connectivity index (χ0) is 27.1. The molecule has 1 atom stereocenters. The number of carbonyl (C=O) groups is 1. The van der Waals surface area contributed by atoms with Gasteiger partial charge in [-0.05, 0) is 70.8 Å². The number of hydrogen-bond donors (Lipinski definition) is 2. The third-order valence-electron chi connectivity index (χ3n) is 5.87. The molecule has 0 bridgehead atoms. The quantitative estimate of drug-likeness (QED) is 0.202. The molecule has 0 fully saturated rings. The van der Waals surface area contributed by atoms with E-state index < -0.39 is 21.9 Å². The summed E-state index contributed by atoms with van der Waals surface area (Å²) in [5.74, 6) is -0.729. The number of hydrogen-bond acceptors (Lipinski definition) is 7. The summed E-state index contributed by atoms with van der Waals surface area (Å²) in [5, 5.41) is 24.8. The van der Waals surface area contributed by atoms with Gasteiger partial charge in [0.05, 0.1) is 21.9 Å². The Morgan fingerprint density at radius 2 is 1.46 bits per heavy atom. The number of nitrogens with one attached hydrogen (secondary N) is 1. The number of aromatic carboxylic acids is 1. The van der Waals surface area contributed by atoms with Gasteiger partial charge in [0.25, 0.3) is 0 Å². The van der Waals surface area contributed by atoms with Crippen LogP contribution in [0.1, 0.15) is 22.0 Å². The fourth-order valence-electron chi connectivity index (χ4n) is 3.79. The second kappa shape index (κ2) is 14.1. The molecule has 39 heavy (non-hydrogen) atoms. The Morgan fingerprint density at radius 3 is 2.03 bits per heavy atom. The second-order valence-electron chi connectivity index (χ2n) is 8.49. The minimum Gasteiger partial charge on any atom is -0.545 e. The van der Waals surface area contributed by atoms with Gasteiger partial charge in [0, 0.05) is 18.1 Å². The van der Waals surface area contributed by atoms with Crippen molar-refractivity contribution in [2.45, 2.75) is 15.9 Å². The number of rotatable bonds is 11. The summed E-state index contributed by atoms with van der Waals surface area (Å²) in [4.78, 5) is 11.2. The maximum absolute atomic E-state index is 13.1. The van der Waals surface area contributed by atoms with E-state index >= 15 is 0 Å². The molecule has 2 N–H and O–H groups in total. The van der Waals surface area contributed by atoms with Crippen LogP contribution in [-0.4, -0.2) is 39.2 Å². The molecule has 0 spiro atoms. The van der Waals surface area contributed by atoms with Gasteiger partial charge in [0.2, 0.25) is 9.84 Å². The van der Waals surface area contributed by atoms with Crippen molar-refractivity contribution in [3.05, 3.63) is 113 Å². The molecule has 0 aliphatic carbocycles. The zero-order valence-electron chi connectivity index (χ0n) is 21.2. The monoisotopic (exact) mass is 573 g/mol. The Hall–Kier alpha value is -2.69. The van der Waals surface area contributed by atoms with Crippen molar-refractivity contribution in [2.24, 2.45) is 0 Å². The molecule has 0 aliphatic rings. The fourth-order valence-corrected chi connectivity index (χ4v) is 5.25. The van der Waals surface area contributed by atoms with Gasteiger partial charge in [0.1, 0.15) is 12.4 Å². The van der Waals surface area contributed by atoms with Crippen LogP contribution in [0.2, 0.25) is 5.02 Å². The van der Waals surface area contributed by atoms with E-state index in [0.717, 1.165) is 16.7 Å². The van der Waals surface area contributed by atoms with Crippen LogP contribution >= 0.6 is 11.6 Å². The van der Waals surface area contributed by atoms with Gasteiger partial charge in [0.15, 0.2) is 0 Å². The number of carboxylic acids is 1. The van der Waals surface area contributed by atoms with E-state index in [9.17, 15) is 23.4 Å². The Balaban J connectivity index is 0.00000420. The summed E-state index contributed by atoms with van der Waals surface area (Å²) in [7, 11) is -3.73. The third kappa shape index (κ3) is 8.16. The van der Waals surface area contributed by atoms with Crippen LogP contribution in [0.5, 0.6) is 5.75 Å². The van der Waals surface area contributed by atoms with E-state index in [1.165, 1.54) is 36.4 Å². The normalized spacial score (nSPS) is 11.8. The second-order valence-corrected chi connectivity index (χ2v) is 10.9. The molecule has 10 heteroatoms. The Labute approximate surface area is 254 Å². The minimum absolute atomic E-state index is 0. The molecule has 4 rings (SSSR count). The number of benzene rings is 4. The molecule has 0 saturated heterocycles. The van der Waals surface area contributed by atoms with Crippen molar-refractivity contribution in [1.82, 2.24) is 5.32 Å². The molecule has 0 aromatic heterocycles. The summed E-state index contributed by atoms with van der Waals surface area (Å²) in [6.07, 6.45) is -0.692. The van der Waals surface area contributed by atoms with Crippen molar-refractivity contribution < 1.29 is 57.7 Å². The molecule has 0 heterocycles. The number of carbonyl (C=O) groups excluding carboxylic acids is 1. The molecule has 0 unspecified atom stereocenters. The molecule has 196 valence electrons. The molecule has 0 saturated carbocycles. The van der Waals surface area contributed by atoms with E-state index in [0.29, 0.717) is 30.5 Å². The molecule has 0 aliphatic heterocycles. The molecule has 4 aromatic carbocycles. The van der Waals surface area contributed by atoms with Gasteiger partial charge < -0.3 is 25.1 Å². The van der Waals surface area contributed by atoms with Crippen LogP contribution in [-0.2, 0) is 9.84 Å². The standard InChI is InChI=1S/C29H26ClNO6S.Na/c30-24-3-1-2-23(18-24)28(32)19-31-16-17-37-25-10-14-27(15-11-25)38(35,36)26-12-8-21(9-13-26)20-4-6-22(7-5-20)29(33)34;/h1-15,18,28,31-32H,16-17,19H2,(H,33,34);/q;+1/p-1/t28-;/m0./s1. The van der Waals surface area contributed by atoms with Crippen molar-refractivity contribution in [1.29, 1.82) is 0 Å². The summed E-state index contributed by atoms with van der Waals surface area (Å²) >= 11 is 5.95. The van der Waals surface area contributed by atoms with E-state index in [-0.39, 0.29) is 44.9 Å². The number of ether oxygens (including phenoxy) is 1. The van der Waals surface area contributed by atoms with Crippen LogP contribution < -0.4 is 44.7 Å². The molecule has 0 amide bonds. The Bertz CT molecular complexity index is 1490. The van der Waals surface area contributed by atoms with Gasteiger partial charge >= 0.3 is 29.6 Å². The van der Waals surface area contributed by atoms with Crippen LogP contribution in [0.4, 0.5) is 0 Å². The van der Waals surface area contributed by atoms with Gasteiger partial charge in [-0.3, -0.25) is 0 Å². The largest absolute Gasteiger partial charge is 1.00 e. The number of aliphatic hydroxyl groups is 1. The van der Waals surface area contributed by atoms with Crippen LogP contribution in [0.25, 0.3) is 11.1 Å². The van der Waals surface area contributed by atoms with E-state index in [2.05, 4.69) is 5.32 Å². The molecular weight excluding hydrogens is 549 g/mol. The first-order chi connectivity index (χ1) is 18.2. The first-order valence-corrected chi connectivity index (χ1v) is 13.6. The molecule has 7 nitrogen and oxygen atoms in total. The van der Waals surface area contributed by atoms with Gasteiger partial charge in [-0.1, -0.05) is 60.1 Å². The molecular formula is C29H25ClNNaO6S. The van der Waals surface area contributed by atoms with E-state index in [4.69, 9.17) is 16.3 Å². The van der Waals surface area contributed by atoms with E-state index in [1.807, 2.05) is 0 Å². The smallest absolute Gasteiger partial charge is 0.545 e. The topological polar surface area (TPSA) is 116 Å². The van der Waals surface area contributed by atoms with Gasteiger partial charge in [-0.25, -0.2) is 8.42 Å². The number of halogens is 1. The summed E-state index contributed by atoms with van der Waals surface area (Å²) in [6.45, 7) is 1.16. The fraction of sp³-hybridized carbons (Fsp3) is 0.138. The molecule has 4 aromatic rings. The summed E-state index contributed by atoms with van der Waals surface area (Å²) in [5.41, 5.74) is 2.31. The SMILES string of the molecule is O=C([O-])c1ccc(-c2ccc(S(=O)(=O)c3ccc(OCCNC[C@H](O)c4cccc(Cl)c4)cc3)cc2)cc1.[Na+]. The Morgan fingerprint density at radius 1 is 0.897 bits per heavy atom. The van der Waals surface area contributed by atoms with Crippen LogP contribution in [0, 0.1) is 0 Å². The number of carboxylic acid groups (broad SMARTS) is 1. The first kappa shape index (κ1) is 30.8. The van der Waals surface area contributed by atoms with Crippen molar-refractivity contribution in [3.8, 4) is 16.9 Å². The van der Waals surface area contributed by atoms with Crippen molar-refractivity contribution in [3.63, 3.8) is 0 Å². The predicted molar refractivity (Wildman–Crippen MR) is 143 cm³/mol. The third-order valence-corrected chi connectivity index (χ3v) is 7.89. The molecule has 0 radical (unpaired) electrons. The number of sulfone groups is 1. The van der Waals surface area contributed by atoms with Gasteiger partial charge in [-0.2, -0.15) is 0 Å². The maximum atomic E-state index is 13.1.